The van der Waals surface area contributed by atoms with E-state index in [1.807, 2.05) is 121 Å². The van der Waals surface area contributed by atoms with Gasteiger partial charge in [-0.2, -0.15) is 0 Å². The standard InChI is InChI=1S/C102H66F4N2O3/c1-3-65-19-47-85(48-20-65)109-87-51-29-73(30-52-87)101(71-25-33-75(103)34-26-71)95-17-7-5-15-89(95)91-55-23-69(61-97(91)101)67-11-9-13-81(59-67)107(79-41-37-77(105)38-42-79)83-45-57-93-94-58-46-84(64-100(94)111-99(93)63-83)108(80-43-39-78(106)40-44-80)82-14-10-12-68(60-82)70-24-56-92-90-16-6-8-18-96(90)102(98(92)62-70,72-27-35-76(104)36-28-72)74-31-53-88(54-32-74)110-86-49-21-66(4-2)22-50-86/h3-64H,1-2H2. The van der Waals surface area contributed by atoms with Crippen LogP contribution in [0.5, 0.6) is 23.0 Å². The first-order valence-electron chi connectivity index (χ1n) is 36.8. The Labute approximate surface area is 640 Å². The van der Waals surface area contributed by atoms with Gasteiger partial charge in [0.15, 0.2) is 0 Å². The van der Waals surface area contributed by atoms with Gasteiger partial charge in [-0.05, 0) is 282 Å². The van der Waals surface area contributed by atoms with Crippen molar-refractivity contribution in [1.29, 1.82) is 0 Å². The maximum Gasteiger partial charge on any atom is 0.137 e. The fourth-order valence-electron chi connectivity index (χ4n) is 16.8. The van der Waals surface area contributed by atoms with Gasteiger partial charge in [-0.1, -0.05) is 195 Å². The van der Waals surface area contributed by atoms with E-state index in [4.69, 9.17) is 13.9 Å². The lowest BCUT2D eigenvalue weighted by Gasteiger charge is -2.34. The summed E-state index contributed by atoms with van der Waals surface area (Å²) in [4.78, 5) is 4.21. The quantitative estimate of drug-likeness (QED) is 0.0801. The molecule has 0 N–H and O–H groups in total. The van der Waals surface area contributed by atoms with Crippen LogP contribution in [0.4, 0.5) is 51.7 Å². The first-order chi connectivity index (χ1) is 54.5. The van der Waals surface area contributed by atoms with Crippen LogP contribution in [0, 0.1) is 23.3 Å². The first-order valence-corrected chi connectivity index (χ1v) is 36.8. The summed E-state index contributed by atoms with van der Waals surface area (Å²) < 4.78 is 80.1. The number of fused-ring (bicyclic) bond motifs is 9. The lowest BCUT2D eigenvalue weighted by Crippen LogP contribution is -2.28. The number of hydrogen-bond donors (Lipinski definition) is 0. The fraction of sp³-hybridized carbons (Fsp3) is 0.0196. The van der Waals surface area contributed by atoms with Gasteiger partial charge in [0.1, 0.15) is 57.4 Å². The third-order valence-corrected chi connectivity index (χ3v) is 21.9. The van der Waals surface area contributed by atoms with E-state index in [1.54, 1.807) is 36.4 Å². The molecule has 0 aliphatic heterocycles. The molecule has 111 heavy (non-hydrogen) atoms. The molecule has 0 spiro atoms. The van der Waals surface area contributed by atoms with Crippen molar-refractivity contribution in [3.63, 3.8) is 0 Å². The van der Waals surface area contributed by atoms with Crippen LogP contribution in [0.25, 0.3) is 78.6 Å². The van der Waals surface area contributed by atoms with Crippen molar-refractivity contribution in [2.45, 2.75) is 10.8 Å². The van der Waals surface area contributed by atoms with Crippen LogP contribution in [0.15, 0.2) is 382 Å². The Hall–Kier alpha value is -14.3. The fourth-order valence-corrected chi connectivity index (χ4v) is 16.8. The summed E-state index contributed by atoms with van der Waals surface area (Å²) >= 11 is 0. The molecule has 5 nitrogen and oxygen atoms in total. The Kier molecular flexibility index (Phi) is 16.7. The van der Waals surface area contributed by atoms with Crippen molar-refractivity contribution in [3.8, 4) is 67.5 Å². The van der Waals surface area contributed by atoms with Crippen LogP contribution in [0.1, 0.15) is 55.6 Å². The van der Waals surface area contributed by atoms with E-state index >= 15 is 17.6 Å². The number of rotatable bonds is 18. The van der Waals surface area contributed by atoms with Crippen molar-refractivity contribution in [1.82, 2.24) is 0 Å². The monoisotopic (exact) mass is 1440 g/mol. The molecule has 1 heterocycles. The number of anilines is 6. The Morgan fingerprint density at radius 3 is 0.937 bits per heavy atom. The van der Waals surface area contributed by atoms with E-state index in [2.05, 4.69) is 193 Å². The van der Waals surface area contributed by atoms with Crippen molar-refractivity contribution in [2.75, 3.05) is 9.80 Å². The van der Waals surface area contributed by atoms with Crippen molar-refractivity contribution in [3.05, 3.63) is 456 Å². The predicted molar refractivity (Wildman–Crippen MR) is 442 cm³/mol. The summed E-state index contributed by atoms with van der Waals surface area (Å²) in [7, 11) is 0. The third-order valence-electron chi connectivity index (χ3n) is 21.9. The molecule has 9 heteroatoms. The van der Waals surface area contributed by atoms with Gasteiger partial charge < -0.3 is 23.7 Å². The lowest BCUT2D eigenvalue weighted by molar-refractivity contribution is 0.482. The van der Waals surface area contributed by atoms with E-state index in [0.717, 1.165) is 145 Å². The molecule has 0 radical (unpaired) electrons. The highest BCUT2D eigenvalue weighted by molar-refractivity contribution is 6.07. The second-order valence-corrected chi connectivity index (χ2v) is 28.1. The van der Waals surface area contributed by atoms with E-state index in [9.17, 15) is 0 Å². The maximum atomic E-state index is 15.1. The van der Waals surface area contributed by atoms with Gasteiger partial charge in [0.05, 0.1) is 10.8 Å². The highest BCUT2D eigenvalue weighted by atomic mass is 19.1. The average molecular weight is 1440 g/mol. The summed E-state index contributed by atoms with van der Waals surface area (Å²) in [5.74, 6) is 1.38. The Morgan fingerprint density at radius 2 is 0.568 bits per heavy atom. The molecule has 0 bridgehead atoms. The van der Waals surface area contributed by atoms with Gasteiger partial charge in [0.25, 0.3) is 0 Å². The minimum atomic E-state index is -0.861. The summed E-state index contributed by atoms with van der Waals surface area (Å²) in [5, 5.41) is 1.78. The van der Waals surface area contributed by atoms with Crippen molar-refractivity contribution >= 4 is 68.2 Å². The predicted octanol–water partition coefficient (Wildman–Crippen LogP) is 28.0. The number of nitrogens with zero attached hydrogens (tertiary/aromatic N) is 2. The van der Waals surface area contributed by atoms with Crippen molar-refractivity contribution in [2.24, 2.45) is 0 Å². The highest BCUT2D eigenvalue weighted by Crippen LogP contribution is 2.59. The molecule has 2 unspecified atom stereocenters. The summed E-state index contributed by atoms with van der Waals surface area (Å²) in [6.07, 6.45) is 3.60. The SMILES string of the molecule is C=Cc1ccc(Oc2ccc(C3(c4ccc(F)cc4)c4ccccc4-c4ccc(-c5cccc(N(c6ccc(F)cc6)c6ccc7c(c6)oc6cc(N(c8ccc(F)cc8)c8cccc(-c9ccc%10c(c9)C(c9ccc(F)cc9)(c9ccc(Oc%11ccc(C=C)cc%11)cc9)c9ccccc9-%10)c8)ccc67)c5)cc43)cc2)cc1. The van der Waals surface area contributed by atoms with Crippen LogP contribution >= 0.6 is 0 Å². The molecule has 0 amide bonds. The summed E-state index contributed by atoms with van der Waals surface area (Å²) in [6, 6.07) is 118. The van der Waals surface area contributed by atoms with Gasteiger partial charge in [0.2, 0.25) is 0 Å². The Morgan fingerprint density at radius 1 is 0.261 bits per heavy atom. The zero-order valence-corrected chi connectivity index (χ0v) is 59.8. The Bertz CT molecular complexity index is 6070. The van der Waals surface area contributed by atoms with Crippen molar-refractivity contribution < 1.29 is 31.5 Å². The van der Waals surface area contributed by atoms with E-state index < -0.39 is 10.8 Å². The van der Waals surface area contributed by atoms with Gasteiger partial charge in [0, 0.05) is 57.0 Å². The maximum absolute atomic E-state index is 15.1. The van der Waals surface area contributed by atoms with E-state index in [-0.39, 0.29) is 23.3 Å². The van der Waals surface area contributed by atoms with Crippen LogP contribution in [-0.4, -0.2) is 0 Å². The number of furan rings is 1. The zero-order valence-electron chi connectivity index (χ0n) is 59.8. The topological polar surface area (TPSA) is 38.1 Å². The second kappa shape index (κ2) is 27.5. The molecule has 0 saturated heterocycles. The van der Waals surface area contributed by atoms with Gasteiger partial charge in [-0.25, -0.2) is 17.6 Å². The summed E-state index contributed by atoms with van der Waals surface area (Å²) in [6.45, 7) is 7.79. The van der Waals surface area contributed by atoms with Crippen LogP contribution in [0.2, 0.25) is 0 Å². The normalized spacial score (nSPS) is 14.5. The molecule has 16 aromatic carbocycles. The molecule has 17 aromatic rings. The van der Waals surface area contributed by atoms with Crippen LogP contribution in [-0.2, 0) is 10.8 Å². The number of ether oxygens (including phenoxy) is 2. The molecule has 19 rings (SSSR count). The second-order valence-electron chi connectivity index (χ2n) is 28.1. The van der Waals surface area contributed by atoms with Gasteiger partial charge in [-0.3, -0.25) is 0 Å². The van der Waals surface area contributed by atoms with Crippen LogP contribution in [0.3, 0.4) is 0 Å². The zero-order chi connectivity index (χ0) is 74.9. The largest absolute Gasteiger partial charge is 0.457 e. The van der Waals surface area contributed by atoms with E-state index in [0.29, 0.717) is 34.2 Å². The first kappa shape index (κ1) is 67.3. The molecule has 2 aliphatic carbocycles. The minimum Gasteiger partial charge on any atom is -0.457 e. The number of halogens is 4. The lowest BCUT2D eigenvalue weighted by atomic mass is 9.67. The molecular weight excluding hydrogens is 1380 g/mol. The third kappa shape index (κ3) is 11.7. The summed E-state index contributed by atoms with van der Waals surface area (Å²) in [5.41, 5.74) is 22.3. The highest BCUT2D eigenvalue weighted by Gasteiger charge is 2.48. The minimum absolute atomic E-state index is 0.325. The van der Waals surface area contributed by atoms with Gasteiger partial charge in [-0.15, -0.1) is 0 Å². The molecule has 2 atom stereocenters. The number of hydrogen-bond acceptors (Lipinski definition) is 5. The smallest absolute Gasteiger partial charge is 0.137 e. The van der Waals surface area contributed by atoms with Crippen LogP contribution < -0.4 is 19.3 Å². The molecule has 0 saturated carbocycles. The molecule has 1 aromatic heterocycles. The number of benzene rings is 16. The molecular formula is C102H66F4N2O3. The Balaban J connectivity index is 0.678. The van der Waals surface area contributed by atoms with Gasteiger partial charge >= 0.3 is 0 Å². The average Bonchev–Trinajstić information content (AvgIpc) is 1.55. The van der Waals surface area contributed by atoms with E-state index in [1.165, 1.54) is 48.5 Å². The molecule has 530 valence electrons. The molecule has 2 aliphatic rings. The molecule has 0 fully saturated rings.